The highest BCUT2D eigenvalue weighted by atomic mass is 16.1. The first-order valence-electron chi connectivity index (χ1n) is 5.14. The van der Waals surface area contributed by atoms with E-state index in [0.29, 0.717) is 6.42 Å². The van der Waals surface area contributed by atoms with E-state index in [4.69, 9.17) is 0 Å². The lowest BCUT2D eigenvalue weighted by molar-refractivity contribution is -0.114. The Labute approximate surface area is 81.5 Å². The van der Waals surface area contributed by atoms with Crippen LogP contribution in [0.15, 0.2) is 23.8 Å². The van der Waals surface area contributed by atoms with E-state index < -0.39 is 0 Å². The normalized spacial score (nSPS) is 23.9. The molecule has 0 aliphatic heterocycles. The van der Waals surface area contributed by atoms with Gasteiger partial charge in [0, 0.05) is 6.42 Å². The van der Waals surface area contributed by atoms with Crippen LogP contribution in [0.1, 0.15) is 46.5 Å². The van der Waals surface area contributed by atoms with Crippen molar-refractivity contribution >= 4 is 5.78 Å². The molecule has 74 valence electrons. The minimum Gasteiger partial charge on any atom is -0.295 e. The summed E-state index contributed by atoms with van der Waals surface area (Å²) in [6.07, 6.45) is 9.60. The number of hydrogen-bond acceptors (Lipinski definition) is 1. The first kappa shape index (κ1) is 12.2. The van der Waals surface area contributed by atoms with E-state index in [0.717, 1.165) is 19.3 Å². The van der Waals surface area contributed by atoms with E-state index in [1.54, 1.807) is 6.08 Å². The molecule has 0 aromatic carbocycles. The average Bonchev–Trinajstić information content (AvgIpc) is 2.24. The van der Waals surface area contributed by atoms with Gasteiger partial charge in [0.05, 0.1) is 0 Å². The molecule has 0 saturated heterocycles. The molecule has 0 saturated carbocycles. The highest BCUT2D eigenvalue weighted by Crippen LogP contribution is 2.09. The second kappa shape index (κ2) is 7.78. The zero-order chi connectivity index (χ0) is 10.1. The van der Waals surface area contributed by atoms with Crippen molar-refractivity contribution in [2.24, 2.45) is 0 Å². The Kier molecular flexibility index (Phi) is 7.27. The van der Waals surface area contributed by atoms with Crippen molar-refractivity contribution < 1.29 is 4.79 Å². The average molecular weight is 180 g/mol. The zero-order valence-corrected chi connectivity index (χ0v) is 8.97. The first-order valence-corrected chi connectivity index (χ1v) is 5.14. The number of allylic oxidation sites excluding steroid dienone is 4. The third-order valence-corrected chi connectivity index (χ3v) is 1.90. The van der Waals surface area contributed by atoms with Crippen LogP contribution in [-0.4, -0.2) is 5.78 Å². The molecule has 1 aliphatic rings. The smallest absolute Gasteiger partial charge is 0.155 e. The molecule has 0 bridgehead atoms. The van der Waals surface area contributed by atoms with Crippen LogP contribution < -0.4 is 0 Å². The summed E-state index contributed by atoms with van der Waals surface area (Å²) in [6.45, 7) is 6.10. The van der Waals surface area contributed by atoms with Gasteiger partial charge in [-0.25, -0.2) is 0 Å². The van der Waals surface area contributed by atoms with Crippen LogP contribution in [-0.2, 0) is 4.79 Å². The summed E-state index contributed by atoms with van der Waals surface area (Å²) < 4.78 is 0. The number of hydrogen-bond donors (Lipinski definition) is 0. The van der Waals surface area contributed by atoms with Crippen molar-refractivity contribution in [2.45, 2.75) is 46.5 Å². The summed E-state index contributed by atoms with van der Waals surface area (Å²) in [7, 11) is 0. The van der Waals surface area contributed by atoms with Gasteiger partial charge in [0.1, 0.15) is 0 Å². The van der Waals surface area contributed by atoms with E-state index in [1.165, 1.54) is 5.57 Å². The molecule has 1 nitrogen and oxygen atoms in total. The van der Waals surface area contributed by atoms with Crippen molar-refractivity contribution in [3.05, 3.63) is 23.8 Å². The highest BCUT2D eigenvalue weighted by Gasteiger charge is 1.99. The van der Waals surface area contributed by atoms with Gasteiger partial charge in [-0.3, -0.25) is 4.79 Å². The van der Waals surface area contributed by atoms with Crippen LogP contribution in [0.4, 0.5) is 0 Å². The van der Waals surface area contributed by atoms with Crippen molar-refractivity contribution in [2.75, 3.05) is 0 Å². The van der Waals surface area contributed by atoms with Crippen LogP contribution in [0.5, 0.6) is 0 Å². The molecule has 0 spiro atoms. The number of rotatable bonds is 0. The van der Waals surface area contributed by atoms with Crippen molar-refractivity contribution in [3.8, 4) is 0 Å². The van der Waals surface area contributed by atoms with Crippen LogP contribution >= 0.6 is 0 Å². The predicted octanol–water partition coefficient (Wildman–Crippen LogP) is 3.66. The Morgan fingerprint density at radius 1 is 1.15 bits per heavy atom. The summed E-state index contributed by atoms with van der Waals surface area (Å²) in [4.78, 5) is 11.0. The van der Waals surface area contributed by atoms with Crippen molar-refractivity contribution in [3.63, 3.8) is 0 Å². The summed E-state index contributed by atoms with van der Waals surface area (Å²) in [5.74, 6) is 0.264. The third-order valence-electron chi connectivity index (χ3n) is 1.90. The molecular formula is C12H20O. The number of carbonyl (C=O) groups is 1. The topological polar surface area (TPSA) is 17.1 Å². The Morgan fingerprint density at radius 3 is 2.54 bits per heavy atom. The van der Waals surface area contributed by atoms with Gasteiger partial charge < -0.3 is 0 Å². The molecule has 13 heavy (non-hydrogen) atoms. The fourth-order valence-electron chi connectivity index (χ4n) is 1.15. The monoisotopic (exact) mass is 180 g/mol. The standard InChI is InChI=1S/C10H14O.C2H6/c1-9-5-3-2-4-6-10(11)8-7-9;1-2/h4-6H,2-3,7-8H2,1H3;1-2H3/b6-4+,9-5+;. The fraction of sp³-hybridized carbons (Fsp3) is 0.583. The van der Waals surface area contributed by atoms with Crippen LogP contribution in [0.3, 0.4) is 0 Å². The third kappa shape index (κ3) is 6.32. The molecule has 0 unspecified atom stereocenters. The fourth-order valence-corrected chi connectivity index (χ4v) is 1.15. The summed E-state index contributed by atoms with van der Waals surface area (Å²) in [6, 6.07) is 0. The Hall–Kier alpha value is -0.850. The highest BCUT2D eigenvalue weighted by molar-refractivity contribution is 5.89. The Balaban J connectivity index is 0.000000671. The molecule has 0 radical (unpaired) electrons. The maximum atomic E-state index is 11.0. The van der Waals surface area contributed by atoms with Crippen LogP contribution in [0.2, 0.25) is 0 Å². The maximum absolute atomic E-state index is 11.0. The quantitative estimate of drug-likeness (QED) is 0.520. The molecule has 1 rings (SSSR count). The van der Waals surface area contributed by atoms with Crippen LogP contribution in [0, 0.1) is 0 Å². The molecule has 1 heteroatoms. The predicted molar refractivity (Wildman–Crippen MR) is 57.7 cm³/mol. The second-order valence-electron chi connectivity index (χ2n) is 3.00. The van der Waals surface area contributed by atoms with Gasteiger partial charge in [0.25, 0.3) is 0 Å². The molecule has 0 atom stereocenters. The minimum atomic E-state index is 0.264. The van der Waals surface area contributed by atoms with Gasteiger partial charge in [-0.05, 0) is 32.3 Å². The summed E-state index contributed by atoms with van der Waals surface area (Å²) in [5.41, 5.74) is 1.35. The maximum Gasteiger partial charge on any atom is 0.155 e. The van der Waals surface area contributed by atoms with E-state index in [2.05, 4.69) is 13.0 Å². The van der Waals surface area contributed by atoms with E-state index in [-0.39, 0.29) is 5.78 Å². The van der Waals surface area contributed by atoms with Crippen LogP contribution in [0.25, 0.3) is 0 Å². The summed E-state index contributed by atoms with van der Waals surface area (Å²) in [5, 5.41) is 0. The van der Waals surface area contributed by atoms with Gasteiger partial charge in [0.2, 0.25) is 0 Å². The molecular weight excluding hydrogens is 160 g/mol. The van der Waals surface area contributed by atoms with Crippen molar-refractivity contribution in [1.29, 1.82) is 0 Å². The van der Waals surface area contributed by atoms with E-state index >= 15 is 0 Å². The second-order valence-corrected chi connectivity index (χ2v) is 3.00. The Morgan fingerprint density at radius 2 is 1.85 bits per heavy atom. The van der Waals surface area contributed by atoms with E-state index in [1.807, 2.05) is 19.9 Å². The van der Waals surface area contributed by atoms with Gasteiger partial charge >= 0.3 is 0 Å². The number of carbonyl (C=O) groups excluding carboxylic acids is 1. The van der Waals surface area contributed by atoms with E-state index in [9.17, 15) is 4.79 Å². The SMILES string of the molecule is C/C1=C\CC/C=C/C(=O)CC1.CC. The molecule has 0 aromatic heterocycles. The number of ketones is 1. The molecule has 0 N–H and O–H groups in total. The zero-order valence-electron chi connectivity index (χ0n) is 8.97. The Bertz CT molecular complexity index is 197. The molecule has 1 aliphatic carbocycles. The lowest BCUT2D eigenvalue weighted by atomic mass is 10.1. The lowest BCUT2D eigenvalue weighted by Gasteiger charge is -1.95. The van der Waals surface area contributed by atoms with Gasteiger partial charge in [-0.15, -0.1) is 0 Å². The lowest BCUT2D eigenvalue weighted by Crippen LogP contribution is -1.91. The molecule has 0 aromatic rings. The minimum absolute atomic E-state index is 0.264. The van der Waals surface area contributed by atoms with Gasteiger partial charge in [-0.1, -0.05) is 31.6 Å². The van der Waals surface area contributed by atoms with Gasteiger partial charge in [-0.2, -0.15) is 0 Å². The summed E-state index contributed by atoms with van der Waals surface area (Å²) >= 11 is 0. The van der Waals surface area contributed by atoms with Gasteiger partial charge in [0.15, 0.2) is 5.78 Å². The molecule has 0 amide bonds. The molecule has 0 fully saturated rings. The largest absolute Gasteiger partial charge is 0.295 e. The van der Waals surface area contributed by atoms with Crippen molar-refractivity contribution in [1.82, 2.24) is 0 Å². The first-order chi connectivity index (χ1) is 6.29. The molecule has 0 heterocycles.